The Balaban J connectivity index is 1.26. The first-order valence-electron chi connectivity index (χ1n) is 13.0. The number of ketones is 1. The SMILES string of the molecule is Cc1cn([C@H]2C[C@H](O)[C@@H](CO)O2)c(=O)nc1OCc1ccc(OC(C(=O)c2ccccc2)c2ccccc2)cc1. The first-order valence-corrected chi connectivity index (χ1v) is 13.0. The molecule has 4 atom stereocenters. The summed E-state index contributed by atoms with van der Waals surface area (Å²) in [7, 11) is 0. The maximum absolute atomic E-state index is 13.3. The van der Waals surface area contributed by atoms with E-state index in [1.807, 2.05) is 60.7 Å². The lowest BCUT2D eigenvalue weighted by molar-refractivity contribution is -0.0460. The third kappa shape index (κ3) is 6.12. The van der Waals surface area contributed by atoms with Crippen molar-refractivity contribution in [3.63, 3.8) is 0 Å². The summed E-state index contributed by atoms with van der Waals surface area (Å²) in [5.74, 6) is 0.579. The van der Waals surface area contributed by atoms with Crippen LogP contribution >= 0.6 is 0 Å². The van der Waals surface area contributed by atoms with Gasteiger partial charge in [0.1, 0.15) is 24.7 Å². The van der Waals surface area contributed by atoms with Crippen LogP contribution in [-0.4, -0.2) is 44.4 Å². The normalized spacial score (nSPS) is 19.2. The number of carbonyl (C=O) groups excluding carboxylic acids is 1. The number of nitrogens with zero attached hydrogens (tertiary/aromatic N) is 2. The van der Waals surface area contributed by atoms with Gasteiger partial charge in [-0.1, -0.05) is 72.8 Å². The molecule has 0 saturated carbocycles. The second kappa shape index (κ2) is 12.3. The van der Waals surface area contributed by atoms with E-state index in [4.69, 9.17) is 14.2 Å². The molecule has 40 heavy (non-hydrogen) atoms. The highest BCUT2D eigenvalue weighted by molar-refractivity contribution is 6.00. The van der Waals surface area contributed by atoms with Crippen LogP contribution in [-0.2, 0) is 11.3 Å². The lowest BCUT2D eigenvalue weighted by Gasteiger charge is -2.19. The molecule has 0 radical (unpaired) electrons. The Bertz CT molecular complexity index is 1490. The number of hydrogen-bond acceptors (Lipinski definition) is 8. The fourth-order valence-corrected chi connectivity index (χ4v) is 4.56. The molecular weight excluding hydrogens is 512 g/mol. The largest absolute Gasteiger partial charge is 0.478 e. The van der Waals surface area contributed by atoms with E-state index in [1.54, 1.807) is 37.4 Å². The molecule has 2 N–H and O–H groups in total. The molecule has 0 bridgehead atoms. The molecule has 0 aliphatic carbocycles. The van der Waals surface area contributed by atoms with Gasteiger partial charge in [0.05, 0.1) is 12.7 Å². The minimum absolute atomic E-state index is 0.139. The molecule has 1 aliphatic heterocycles. The van der Waals surface area contributed by atoms with Crippen LogP contribution in [0.2, 0.25) is 0 Å². The highest BCUT2D eigenvalue weighted by Crippen LogP contribution is 2.29. The Labute approximate surface area is 231 Å². The molecule has 2 heterocycles. The molecule has 5 rings (SSSR count). The number of Topliss-reactive ketones (excluding diaryl/α,β-unsaturated/α-hetero) is 1. The van der Waals surface area contributed by atoms with E-state index >= 15 is 0 Å². The number of rotatable bonds is 10. The van der Waals surface area contributed by atoms with Gasteiger partial charge in [-0.05, 0) is 24.6 Å². The van der Waals surface area contributed by atoms with E-state index in [0.717, 1.165) is 11.1 Å². The van der Waals surface area contributed by atoms with Gasteiger partial charge in [-0.3, -0.25) is 9.36 Å². The van der Waals surface area contributed by atoms with Gasteiger partial charge in [-0.25, -0.2) is 4.79 Å². The van der Waals surface area contributed by atoms with Crippen LogP contribution in [0.1, 0.15) is 45.8 Å². The van der Waals surface area contributed by atoms with Crippen LogP contribution in [0.5, 0.6) is 11.6 Å². The second-order valence-corrected chi connectivity index (χ2v) is 9.61. The first kappa shape index (κ1) is 27.3. The van der Waals surface area contributed by atoms with Crippen LogP contribution in [0.3, 0.4) is 0 Å². The molecule has 1 aromatic heterocycles. The van der Waals surface area contributed by atoms with E-state index in [-0.39, 0.29) is 31.3 Å². The predicted molar refractivity (Wildman–Crippen MR) is 146 cm³/mol. The minimum atomic E-state index is -0.857. The van der Waals surface area contributed by atoms with Crippen molar-refractivity contribution in [1.82, 2.24) is 9.55 Å². The van der Waals surface area contributed by atoms with Gasteiger partial charge >= 0.3 is 5.69 Å². The maximum atomic E-state index is 13.3. The fraction of sp³-hybridized carbons (Fsp3) is 0.258. The third-order valence-corrected chi connectivity index (χ3v) is 6.73. The van der Waals surface area contributed by atoms with Crippen molar-refractivity contribution >= 4 is 5.78 Å². The third-order valence-electron chi connectivity index (χ3n) is 6.73. The molecule has 9 nitrogen and oxygen atoms in total. The summed E-state index contributed by atoms with van der Waals surface area (Å²) in [5, 5.41) is 19.3. The molecule has 4 aromatic rings. The van der Waals surface area contributed by atoms with E-state index in [1.165, 1.54) is 4.57 Å². The smallest absolute Gasteiger partial charge is 0.352 e. The van der Waals surface area contributed by atoms with E-state index in [9.17, 15) is 19.8 Å². The highest BCUT2D eigenvalue weighted by atomic mass is 16.5. The zero-order valence-electron chi connectivity index (χ0n) is 21.9. The Kier molecular flexibility index (Phi) is 8.35. The summed E-state index contributed by atoms with van der Waals surface area (Å²) in [6.45, 7) is 1.59. The summed E-state index contributed by atoms with van der Waals surface area (Å²) in [4.78, 5) is 29.9. The van der Waals surface area contributed by atoms with Gasteiger partial charge in [0.2, 0.25) is 11.7 Å². The molecule has 3 aromatic carbocycles. The first-order chi connectivity index (χ1) is 19.4. The van der Waals surface area contributed by atoms with Gasteiger partial charge in [0.25, 0.3) is 0 Å². The number of aliphatic hydroxyl groups is 2. The number of aliphatic hydroxyl groups excluding tert-OH is 2. The number of hydrogen-bond donors (Lipinski definition) is 2. The Hall–Kier alpha value is -4.31. The van der Waals surface area contributed by atoms with Crippen LogP contribution in [0.25, 0.3) is 0 Å². The number of aromatic nitrogens is 2. The van der Waals surface area contributed by atoms with E-state index in [0.29, 0.717) is 16.9 Å². The molecule has 9 heteroatoms. The van der Waals surface area contributed by atoms with Crippen molar-refractivity contribution in [2.75, 3.05) is 6.61 Å². The van der Waals surface area contributed by atoms with Crippen molar-refractivity contribution in [3.8, 4) is 11.6 Å². The molecular formula is C31H30N2O7. The maximum Gasteiger partial charge on any atom is 0.352 e. The minimum Gasteiger partial charge on any atom is -0.478 e. The zero-order valence-corrected chi connectivity index (χ0v) is 21.9. The molecule has 1 fully saturated rings. The summed E-state index contributed by atoms with van der Waals surface area (Å²) in [5.41, 5.74) is 2.18. The van der Waals surface area contributed by atoms with Crippen LogP contribution in [0, 0.1) is 6.92 Å². The van der Waals surface area contributed by atoms with E-state index in [2.05, 4.69) is 4.98 Å². The van der Waals surface area contributed by atoms with Crippen molar-refractivity contribution in [2.45, 2.75) is 44.5 Å². The standard InChI is InChI=1S/C31H30N2O7/c1-20-17-33(27-16-25(35)26(18-34)40-27)31(37)32-30(20)38-19-21-12-14-24(15-13-21)39-29(23-10-6-3-7-11-23)28(36)22-8-4-2-5-9-22/h2-15,17,25-27,29,34-35H,16,18-19H2,1H3/t25-,26+,27+,29?/m0/s1. The Morgan fingerprint density at radius 2 is 1.73 bits per heavy atom. The quantitative estimate of drug-likeness (QED) is 0.291. The van der Waals surface area contributed by atoms with Crippen LogP contribution in [0.15, 0.2) is 95.9 Å². The molecule has 0 spiro atoms. The molecule has 0 amide bonds. The van der Waals surface area contributed by atoms with Crippen LogP contribution in [0.4, 0.5) is 0 Å². The number of aryl methyl sites for hydroxylation is 1. The fourth-order valence-electron chi connectivity index (χ4n) is 4.56. The van der Waals surface area contributed by atoms with Crippen molar-refractivity contribution in [1.29, 1.82) is 0 Å². The number of benzene rings is 3. The Morgan fingerprint density at radius 1 is 1.05 bits per heavy atom. The van der Waals surface area contributed by atoms with Gasteiger partial charge in [0.15, 0.2) is 6.10 Å². The Morgan fingerprint density at radius 3 is 2.38 bits per heavy atom. The van der Waals surface area contributed by atoms with Gasteiger partial charge in [0, 0.05) is 29.3 Å². The van der Waals surface area contributed by atoms with Crippen molar-refractivity contribution in [2.24, 2.45) is 0 Å². The van der Waals surface area contributed by atoms with Gasteiger partial charge < -0.3 is 24.4 Å². The second-order valence-electron chi connectivity index (χ2n) is 9.61. The molecule has 206 valence electrons. The lowest BCUT2D eigenvalue weighted by Crippen LogP contribution is -2.28. The molecule has 1 saturated heterocycles. The van der Waals surface area contributed by atoms with Gasteiger partial charge in [-0.15, -0.1) is 0 Å². The summed E-state index contributed by atoms with van der Waals surface area (Å²) in [6.07, 6.45) is -1.35. The summed E-state index contributed by atoms with van der Waals surface area (Å²) < 4.78 is 18.9. The average Bonchev–Trinajstić information content (AvgIpc) is 3.37. The summed E-state index contributed by atoms with van der Waals surface area (Å²) in [6, 6.07) is 25.6. The zero-order chi connectivity index (χ0) is 28.1. The highest BCUT2D eigenvalue weighted by Gasteiger charge is 2.35. The summed E-state index contributed by atoms with van der Waals surface area (Å²) >= 11 is 0. The number of ether oxygens (including phenoxy) is 3. The lowest BCUT2D eigenvalue weighted by atomic mass is 10.00. The van der Waals surface area contributed by atoms with Gasteiger partial charge in [-0.2, -0.15) is 4.98 Å². The number of carbonyl (C=O) groups is 1. The topological polar surface area (TPSA) is 120 Å². The van der Waals surface area contributed by atoms with Crippen molar-refractivity contribution in [3.05, 3.63) is 124 Å². The average molecular weight is 543 g/mol. The van der Waals surface area contributed by atoms with E-state index < -0.39 is 30.2 Å². The van der Waals surface area contributed by atoms with Crippen LogP contribution < -0.4 is 15.2 Å². The monoisotopic (exact) mass is 542 g/mol. The molecule has 1 unspecified atom stereocenters. The van der Waals surface area contributed by atoms with Crippen molar-refractivity contribution < 1.29 is 29.2 Å². The predicted octanol–water partition coefficient (Wildman–Crippen LogP) is 3.77. The molecule has 1 aliphatic rings.